The summed E-state index contributed by atoms with van der Waals surface area (Å²) in [5, 5.41) is 6.07. The molecular formula is C12H24N2O2. The Morgan fingerprint density at radius 2 is 2.12 bits per heavy atom. The van der Waals surface area contributed by atoms with Crippen LogP contribution in [0.4, 0.5) is 0 Å². The SMILES string of the molecule is CCNC(=O)CCOC1CCCCC1NC. The minimum absolute atomic E-state index is 0.0827. The average Bonchev–Trinajstić information content (AvgIpc) is 2.30. The molecule has 1 amide bonds. The van der Waals surface area contributed by atoms with Gasteiger partial charge in [0, 0.05) is 19.0 Å². The molecule has 0 heterocycles. The number of amides is 1. The fourth-order valence-corrected chi connectivity index (χ4v) is 2.22. The predicted molar refractivity (Wildman–Crippen MR) is 64.4 cm³/mol. The number of carbonyl (C=O) groups is 1. The van der Waals surface area contributed by atoms with Crippen LogP contribution >= 0.6 is 0 Å². The van der Waals surface area contributed by atoms with Crippen molar-refractivity contribution in [3.8, 4) is 0 Å². The number of carbonyl (C=O) groups excluding carboxylic acids is 1. The number of hydrogen-bond donors (Lipinski definition) is 2. The number of ether oxygens (including phenoxy) is 1. The van der Waals surface area contributed by atoms with Gasteiger partial charge in [-0.05, 0) is 26.8 Å². The molecule has 1 fully saturated rings. The Bertz CT molecular complexity index is 209. The molecular weight excluding hydrogens is 204 g/mol. The number of nitrogens with one attached hydrogen (secondary N) is 2. The van der Waals surface area contributed by atoms with Gasteiger partial charge < -0.3 is 15.4 Å². The van der Waals surface area contributed by atoms with Gasteiger partial charge in [-0.3, -0.25) is 4.79 Å². The van der Waals surface area contributed by atoms with Crippen molar-refractivity contribution < 1.29 is 9.53 Å². The highest BCUT2D eigenvalue weighted by Crippen LogP contribution is 2.21. The van der Waals surface area contributed by atoms with Crippen LogP contribution in [0, 0.1) is 0 Å². The largest absolute Gasteiger partial charge is 0.376 e. The standard InChI is InChI=1S/C12H24N2O2/c1-3-14-12(15)8-9-16-11-7-5-4-6-10(11)13-2/h10-11,13H,3-9H2,1-2H3,(H,14,15). The summed E-state index contributed by atoms with van der Waals surface area (Å²) >= 11 is 0. The minimum Gasteiger partial charge on any atom is -0.376 e. The van der Waals surface area contributed by atoms with Crippen LogP contribution in [0.25, 0.3) is 0 Å². The Hall–Kier alpha value is -0.610. The van der Waals surface area contributed by atoms with E-state index in [0.29, 0.717) is 25.6 Å². The zero-order valence-electron chi connectivity index (χ0n) is 10.4. The van der Waals surface area contributed by atoms with Gasteiger partial charge in [0.05, 0.1) is 12.7 Å². The first-order chi connectivity index (χ1) is 7.77. The van der Waals surface area contributed by atoms with Gasteiger partial charge in [-0.25, -0.2) is 0 Å². The quantitative estimate of drug-likeness (QED) is 0.714. The molecule has 0 spiro atoms. The zero-order chi connectivity index (χ0) is 11.8. The second kappa shape index (κ2) is 7.63. The molecule has 0 aliphatic heterocycles. The summed E-state index contributed by atoms with van der Waals surface area (Å²) in [6.45, 7) is 3.16. The first-order valence-electron chi connectivity index (χ1n) is 6.33. The van der Waals surface area contributed by atoms with Crippen LogP contribution in [0.15, 0.2) is 0 Å². The molecule has 1 saturated carbocycles. The Morgan fingerprint density at radius 1 is 1.38 bits per heavy atom. The molecule has 0 bridgehead atoms. The first kappa shape index (κ1) is 13.5. The topological polar surface area (TPSA) is 50.4 Å². The second-order valence-corrected chi connectivity index (χ2v) is 4.29. The summed E-state index contributed by atoms with van der Waals surface area (Å²) in [4.78, 5) is 11.2. The van der Waals surface area contributed by atoms with Gasteiger partial charge in [0.25, 0.3) is 0 Å². The maximum atomic E-state index is 11.2. The molecule has 4 heteroatoms. The first-order valence-corrected chi connectivity index (χ1v) is 6.33. The lowest BCUT2D eigenvalue weighted by Crippen LogP contribution is -2.42. The van der Waals surface area contributed by atoms with E-state index < -0.39 is 0 Å². The molecule has 0 saturated heterocycles. The normalized spacial score (nSPS) is 25.4. The molecule has 4 nitrogen and oxygen atoms in total. The van der Waals surface area contributed by atoms with Crippen molar-refractivity contribution in [2.24, 2.45) is 0 Å². The van der Waals surface area contributed by atoms with Crippen LogP contribution in [-0.2, 0) is 9.53 Å². The van der Waals surface area contributed by atoms with Gasteiger partial charge in [0.15, 0.2) is 0 Å². The van der Waals surface area contributed by atoms with Gasteiger partial charge in [-0.15, -0.1) is 0 Å². The van der Waals surface area contributed by atoms with E-state index in [0.717, 1.165) is 6.42 Å². The molecule has 16 heavy (non-hydrogen) atoms. The van der Waals surface area contributed by atoms with E-state index in [9.17, 15) is 4.79 Å². The Balaban J connectivity index is 2.17. The average molecular weight is 228 g/mol. The molecule has 2 N–H and O–H groups in total. The van der Waals surface area contributed by atoms with Gasteiger partial charge >= 0.3 is 0 Å². The van der Waals surface area contributed by atoms with Gasteiger partial charge in [-0.1, -0.05) is 12.8 Å². The molecule has 2 unspecified atom stereocenters. The molecule has 1 aliphatic rings. The summed E-state index contributed by atoms with van der Waals surface area (Å²) in [7, 11) is 1.98. The van der Waals surface area contributed by atoms with E-state index in [2.05, 4.69) is 10.6 Å². The lowest BCUT2D eigenvalue weighted by atomic mass is 9.92. The lowest BCUT2D eigenvalue weighted by molar-refractivity contribution is -0.122. The van der Waals surface area contributed by atoms with E-state index in [1.165, 1.54) is 19.3 Å². The molecule has 0 radical (unpaired) electrons. The van der Waals surface area contributed by atoms with Crippen molar-refractivity contribution in [1.82, 2.24) is 10.6 Å². The molecule has 0 aromatic carbocycles. The van der Waals surface area contributed by atoms with Gasteiger partial charge in [-0.2, -0.15) is 0 Å². The molecule has 0 aromatic heterocycles. The van der Waals surface area contributed by atoms with E-state index in [1.807, 2.05) is 14.0 Å². The molecule has 0 aromatic rings. The molecule has 2 atom stereocenters. The van der Waals surface area contributed by atoms with Gasteiger partial charge in [0.1, 0.15) is 0 Å². The highest BCUT2D eigenvalue weighted by Gasteiger charge is 2.24. The van der Waals surface area contributed by atoms with E-state index >= 15 is 0 Å². The van der Waals surface area contributed by atoms with Crippen LogP contribution in [0.2, 0.25) is 0 Å². The zero-order valence-corrected chi connectivity index (χ0v) is 10.4. The van der Waals surface area contributed by atoms with Crippen molar-refractivity contribution in [3.63, 3.8) is 0 Å². The minimum atomic E-state index is 0.0827. The fourth-order valence-electron chi connectivity index (χ4n) is 2.22. The van der Waals surface area contributed by atoms with Crippen molar-refractivity contribution in [2.45, 2.75) is 51.2 Å². The third-order valence-corrected chi connectivity index (χ3v) is 3.11. The summed E-state index contributed by atoms with van der Waals surface area (Å²) in [5.74, 6) is 0.0827. The van der Waals surface area contributed by atoms with Crippen molar-refractivity contribution in [3.05, 3.63) is 0 Å². The van der Waals surface area contributed by atoms with Crippen LogP contribution in [-0.4, -0.2) is 38.3 Å². The van der Waals surface area contributed by atoms with E-state index in [-0.39, 0.29) is 12.0 Å². The number of rotatable bonds is 6. The third-order valence-electron chi connectivity index (χ3n) is 3.11. The van der Waals surface area contributed by atoms with Crippen LogP contribution in [0.3, 0.4) is 0 Å². The number of hydrogen-bond acceptors (Lipinski definition) is 3. The summed E-state index contributed by atoms with van der Waals surface area (Å²) in [6.07, 6.45) is 5.57. The lowest BCUT2D eigenvalue weighted by Gasteiger charge is -2.31. The molecule has 1 rings (SSSR count). The maximum Gasteiger partial charge on any atom is 0.222 e. The van der Waals surface area contributed by atoms with E-state index in [1.54, 1.807) is 0 Å². The predicted octanol–water partition coefficient (Wildman–Crippen LogP) is 1.06. The van der Waals surface area contributed by atoms with E-state index in [4.69, 9.17) is 4.74 Å². The monoisotopic (exact) mass is 228 g/mol. The smallest absolute Gasteiger partial charge is 0.222 e. The van der Waals surface area contributed by atoms with Crippen molar-refractivity contribution in [2.75, 3.05) is 20.2 Å². The highest BCUT2D eigenvalue weighted by atomic mass is 16.5. The van der Waals surface area contributed by atoms with Crippen LogP contribution < -0.4 is 10.6 Å². The molecule has 1 aliphatic carbocycles. The third kappa shape index (κ3) is 4.49. The van der Waals surface area contributed by atoms with Crippen LogP contribution in [0.5, 0.6) is 0 Å². The van der Waals surface area contributed by atoms with Crippen LogP contribution in [0.1, 0.15) is 39.0 Å². The maximum absolute atomic E-state index is 11.2. The Kier molecular flexibility index (Phi) is 6.42. The molecule has 94 valence electrons. The summed E-state index contributed by atoms with van der Waals surface area (Å²) in [6, 6.07) is 0.461. The number of likely N-dealkylation sites (N-methyl/N-ethyl adjacent to an activating group) is 1. The summed E-state index contributed by atoms with van der Waals surface area (Å²) < 4.78 is 5.78. The fraction of sp³-hybridized carbons (Fsp3) is 0.917. The van der Waals surface area contributed by atoms with Gasteiger partial charge in [0.2, 0.25) is 5.91 Å². The Morgan fingerprint density at radius 3 is 2.81 bits per heavy atom. The Labute approximate surface area is 98.1 Å². The highest BCUT2D eigenvalue weighted by molar-refractivity contribution is 5.75. The van der Waals surface area contributed by atoms with Crippen molar-refractivity contribution >= 4 is 5.91 Å². The second-order valence-electron chi connectivity index (χ2n) is 4.29. The van der Waals surface area contributed by atoms with Crippen molar-refractivity contribution in [1.29, 1.82) is 0 Å². The summed E-state index contributed by atoms with van der Waals surface area (Å²) in [5.41, 5.74) is 0.